The first-order valence-electron chi connectivity index (χ1n) is 6.89. The average Bonchev–Trinajstić information content (AvgIpc) is 2.77. The van der Waals surface area contributed by atoms with Crippen molar-refractivity contribution in [2.24, 2.45) is 10.7 Å². The molecule has 0 spiro atoms. The van der Waals surface area contributed by atoms with Crippen molar-refractivity contribution >= 4 is 34.5 Å². The number of hydrogen-bond donors (Lipinski definition) is 3. The molecule has 2 aliphatic rings. The smallest absolute Gasteiger partial charge is 0.305 e. The number of fused-ring (bicyclic) bond motifs is 1. The minimum absolute atomic E-state index is 0.154. The molecule has 0 fully saturated rings. The Bertz CT molecular complexity index is 643. The molecule has 116 valence electrons. The Labute approximate surface area is 132 Å². The Morgan fingerprint density at radius 3 is 2.73 bits per heavy atom. The summed E-state index contributed by atoms with van der Waals surface area (Å²) in [5.74, 6) is -1.46. The molecule has 1 atom stereocenters. The molecule has 0 radical (unpaired) electrons. The van der Waals surface area contributed by atoms with Crippen molar-refractivity contribution in [2.45, 2.75) is 30.9 Å². The van der Waals surface area contributed by atoms with Crippen molar-refractivity contribution in [3.63, 3.8) is 0 Å². The second kappa shape index (κ2) is 7.22. The van der Waals surface area contributed by atoms with E-state index < -0.39 is 17.1 Å². The van der Waals surface area contributed by atoms with E-state index in [0.717, 1.165) is 36.7 Å². The third kappa shape index (κ3) is 4.17. The number of carboxylic acid groups (broad SMARTS) is 1. The van der Waals surface area contributed by atoms with E-state index in [1.807, 2.05) is 6.07 Å². The van der Waals surface area contributed by atoms with Crippen LogP contribution in [0.15, 0.2) is 29.3 Å². The number of hydrogen-bond acceptors (Lipinski definition) is 5. The maximum absolute atomic E-state index is 10.8. The highest BCUT2D eigenvalue weighted by molar-refractivity contribution is 8.15. The zero-order chi connectivity index (χ0) is 16.1. The van der Waals surface area contributed by atoms with Gasteiger partial charge in [-0.1, -0.05) is 36.0 Å². The molecule has 0 saturated heterocycles. The molecule has 1 unspecified atom stereocenters. The molecule has 7 heteroatoms. The second-order valence-corrected chi connectivity index (χ2v) is 6.20. The number of nitrogens with zero attached hydrogens (tertiary/aromatic N) is 1. The van der Waals surface area contributed by atoms with Gasteiger partial charge in [-0.3, -0.25) is 9.59 Å². The fourth-order valence-corrected chi connectivity index (χ4v) is 3.13. The van der Waals surface area contributed by atoms with Gasteiger partial charge in [-0.05, 0) is 30.4 Å². The quantitative estimate of drug-likeness (QED) is 0.768. The Morgan fingerprint density at radius 2 is 2.14 bits per heavy atom. The Kier molecular flexibility index (Phi) is 5.32. The number of aliphatic carboxylic acids is 1. The zero-order valence-corrected chi connectivity index (χ0v) is 12.7. The lowest BCUT2D eigenvalue weighted by molar-refractivity contribution is -0.138. The van der Waals surface area contributed by atoms with Crippen molar-refractivity contribution in [3.8, 4) is 0 Å². The van der Waals surface area contributed by atoms with Crippen LogP contribution in [0, 0.1) is 5.41 Å². The lowest BCUT2D eigenvalue weighted by Crippen LogP contribution is -2.15. The van der Waals surface area contributed by atoms with Gasteiger partial charge >= 0.3 is 5.97 Å². The lowest BCUT2D eigenvalue weighted by atomic mass is 9.90. The molecule has 1 amide bonds. The molecule has 6 nitrogen and oxygen atoms in total. The number of aryl methyl sites for hydroxylation is 1. The van der Waals surface area contributed by atoms with Crippen molar-refractivity contribution < 1.29 is 14.7 Å². The van der Waals surface area contributed by atoms with Gasteiger partial charge in [0, 0.05) is 5.71 Å². The molecule has 3 rings (SSSR count). The summed E-state index contributed by atoms with van der Waals surface area (Å²) in [7, 11) is 0. The van der Waals surface area contributed by atoms with Gasteiger partial charge in [0.1, 0.15) is 5.25 Å². The molecule has 1 aliphatic heterocycles. The predicted octanol–water partition coefficient (Wildman–Crippen LogP) is 1.81. The molecular formula is C15H17N3O3S. The van der Waals surface area contributed by atoms with E-state index in [-0.39, 0.29) is 11.6 Å². The molecule has 1 heterocycles. The summed E-state index contributed by atoms with van der Waals surface area (Å²) in [5.41, 5.74) is 8.52. The molecule has 1 aromatic rings. The van der Waals surface area contributed by atoms with Crippen LogP contribution in [-0.4, -0.2) is 33.1 Å². The van der Waals surface area contributed by atoms with Crippen LogP contribution >= 0.6 is 11.8 Å². The van der Waals surface area contributed by atoms with E-state index in [0.29, 0.717) is 0 Å². The van der Waals surface area contributed by atoms with E-state index in [4.69, 9.17) is 16.2 Å². The monoisotopic (exact) mass is 319 g/mol. The number of carbonyl (C=O) groups is 2. The maximum atomic E-state index is 10.8. The van der Waals surface area contributed by atoms with Crippen LogP contribution in [0.2, 0.25) is 0 Å². The predicted molar refractivity (Wildman–Crippen MR) is 86.5 cm³/mol. The molecule has 22 heavy (non-hydrogen) atoms. The topological polar surface area (TPSA) is 117 Å². The number of carboxylic acids is 1. The van der Waals surface area contributed by atoms with Crippen LogP contribution < -0.4 is 5.73 Å². The van der Waals surface area contributed by atoms with Gasteiger partial charge in [-0.25, -0.2) is 0 Å². The summed E-state index contributed by atoms with van der Waals surface area (Å²) in [5, 5.41) is 15.5. The Balaban J connectivity index is 0.000000160. The zero-order valence-electron chi connectivity index (χ0n) is 11.9. The van der Waals surface area contributed by atoms with E-state index >= 15 is 0 Å². The van der Waals surface area contributed by atoms with Gasteiger partial charge in [0.05, 0.1) is 6.42 Å². The van der Waals surface area contributed by atoms with E-state index in [9.17, 15) is 9.59 Å². The van der Waals surface area contributed by atoms with Gasteiger partial charge < -0.3 is 16.2 Å². The normalized spacial score (nSPS) is 19.8. The molecule has 1 aromatic carbocycles. The van der Waals surface area contributed by atoms with Crippen LogP contribution in [0.25, 0.3) is 0 Å². The summed E-state index contributed by atoms with van der Waals surface area (Å²) in [6, 6.07) is 8.25. The van der Waals surface area contributed by atoms with E-state index in [1.54, 1.807) is 0 Å². The number of rotatable bonds is 2. The van der Waals surface area contributed by atoms with Crippen LogP contribution in [0.1, 0.15) is 30.4 Å². The highest BCUT2D eigenvalue weighted by Crippen LogP contribution is 2.22. The van der Waals surface area contributed by atoms with Crippen LogP contribution in [0.3, 0.4) is 0 Å². The number of amidine groups is 1. The lowest BCUT2D eigenvalue weighted by Gasteiger charge is -2.15. The third-order valence-electron chi connectivity index (χ3n) is 3.33. The molecule has 4 N–H and O–H groups in total. The van der Waals surface area contributed by atoms with E-state index in [1.165, 1.54) is 11.1 Å². The van der Waals surface area contributed by atoms with Crippen LogP contribution in [-0.2, 0) is 16.0 Å². The number of amides is 1. The molecular weight excluding hydrogens is 302 g/mol. The highest BCUT2D eigenvalue weighted by atomic mass is 32.2. The number of thioether (sulfide) groups is 1. The van der Waals surface area contributed by atoms with Gasteiger partial charge in [-0.15, -0.1) is 0 Å². The van der Waals surface area contributed by atoms with Gasteiger partial charge in [0.2, 0.25) is 0 Å². The minimum atomic E-state index is -1.01. The minimum Gasteiger partial charge on any atom is -0.481 e. The number of nitrogens with one attached hydrogen (secondary N) is 1. The largest absolute Gasteiger partial charge is 0.481 e. The Hall–Kier alpha value is -2.15. The molecule has 1 aliphatic carbocycles. The first-order valence-corrected chi connectivity index (χ1v) is 7.77. The molecule has 0 saturated carbocycles. The first kappa shape index (κ1) is 16.2. The molecule has 0 bridgehead atoms. The van der Waals surface area contributed by atoms with Gasteiger partial charge in [-0.2, -0.15) is 4.99 Å². The van der Waals surface area contributed by atoms with Gasteiger partial charge in [0.15, 0.2) is 5.17 Å². The van der Waals surface area contributed by atoms with Crippen molar-refractivity contribution in [2.75, 3.05) is 0 Å². The molecule has 0 aromatic heterocycles. The summed E-state index contributed by atoms with van der Waals surface area (Å²) < 4.78 is 0. The Morgan fingerprint density at radius 1 is 1.41 bits per heavy atom. The van der Waals surface area contributed by atoms with Gasteiger partial charge in [0.25, 0.3) is 5.91 Å². The summed E-state index contributed by atoms with van der Waals surface area (Å²) >= 11 is 0.999. The van der Waals surface area contributed by atoms with Crippen LogP contribution in [0.4, 0.5) is 0 Å². The standard InChI is InChI=1S/C10H11N.C5H6N2O3S/c11-10-7-3-5-8-4-1-2-6-9(8)10;6-5-7-4(10)2(11-5)1-3(8)9/h1-2,4,6,11H,3,5,7H2;2H,1H2,(H,8,9)(H2,6,7,10). The number of benzene rings is 1. The van der Waals surface area contributed by atoms with Crippen LogP contribution in [0.5, 0.6) is 0 Å². The van der Waals surface area contributed by atoms with E-state index in [2.05, 4.69) is 23.2 Å². The highest BCUT2D eigenvalue weighted by Gasteiger charge is 2.28. The average molecular weight is 319 g/mol. The number of carbonyl (C=O) groups excluding carboxylic acids is 1. The summed E-state index contributed by atoms with van der Waals surface area (Å²) in [6.45, 7) is 0. The fraction of sp³-hybridized carbons (Fsp3) is 0.333. The van der Waals surface area contributed by atoms with Crippen molar-refractivity contribution in [1.82, 2.24) is 0 Å². The summed E-state index contributed by atoms with van der Waals surface area (Å²) in [6.07, 6.45) is 3.04. The third-order valence-corrected chi connectivity index (χ3v) is 4.32. The maximum Gasteiger partial charge on any atom is 0.305 e. The first-order chi connectivity index (χ1) is 10.5. The van der Waals surface area contributed by atoms with Crippen molar-refractivity contribution in [1.29, 1.82) is 5.41 Å². The fourth-order valence-electron chi connectivity index (χ4n) is 2.31. The number of aliphatic imine (C=N–C) groups is 1. The second-order valence-electron chi connectivity index (χ2n) is 4.98. The number of nitrogens with two attached hydrogens (primary N) is 1. The SMILES string of the molecule is N=C1CCCc2ccccc21.NC1=NC(=O)C(CC(=O)O)S1. The summed E-state index contributed by atoms with van der Waals surface area (Å²) in [4.78, 5) is 24.3. The van der Waals surface area contributed by atoms with Crippen molar-refractivity contribution in [3.05, 3.63) is 35.4 Å².